The van der Waals surface area contributed by atoms with Crippen LogP contribution in [0.2, 0.25) is 0 Å². The van der Waals surface area contributed by atoms with E-state index >= 15 is 0 Å². The predicted octanol–water partition coefficient (Wildman–Crippen LogP) is 2.06. The Hall–Kier alpha value is -1.72. The SMILES string of the molecule is CCOc1c[nH]c(N=C=S)c1[N+](=O)[O-]. The fourth-order valence-corrected chi connectivity index (χ4v) is 1.05. The zero-order valence-electron chi connectivity index (χ0n) is 7.31. The molecule has 7 heteroatoms. The van der Waals surface area contributed by atoms with Crippen LogP contribution in [0.25, 0.3) is 0 Å². The number of thiocarbonyl (C=S) groups is 1. The van der Waals surface area contributed by atoms with Crippen LogP contribution in [0.1, 0.15) is 6.92 Å². The Morgan fingerprint density at radius 1 is 1.86 bits per heavy atom. The van der Waals surface area contributed by atoms with Crippen LogP contribution in [0.4, 0.5) is 11.5 Å². The molecule has 0 aliphatic rings. The third-order valence-corrected chi connectivity index (χ3v) is 1.53. The number of ether oxygens (including phenoxy) is 1. The molecule has 1 aromatic rings. The molecule has 1 heterocycles. The van der Waals surface area contributed by atoms with Crippen LogP contribution in [0.15, 0.2) is 11.2 Å². The summed E-state index contributed by atoms with van der Waals surface area (Å²) in [5.41, 5.74) is -0.218. The molecule has 14 heavy (non-hydrogen) atoms. The molecule has 0 aliphatic carbocycles. The molecule has 1 aromatic heterocycles. The molecule has 0 atom stereocenters. The van der Waals surface area contributed by atoms with Crippen molar-refractivity contribution in [1.29, 1.82) is 0 Å². The first-order valence-electron chi connectivity index (χ1n) is 3.77. The van der Waals surface area contributed by atoms with E-state index in [9.17, 15) is 10.1 Å². The van der Waals surface area contributed by atoms with E-state index in [1.54, 1.807) is 6.92 Å². The second kappa shape index (κ2) is 4.50. The summed E-state index contributed by atoms with van der Waals surface area (Å²) in [6.45, 7) is 2.08. The summed E-state index contributed by atoms with van der Waals surface area (Å²) in [6, 6.07) is 0. The number of nitro groups is 1. The summed E-state index contributed by atoms with van der Waals surface area (Å²) >= 11 is 4.35. The number of hydrogen-bond acceptors (Lipinski definition) is 5. The Kier molecular flexibility index (Phi) is 3.33. The summed E-state index contributed by atoms with van der Waals surface area (Å²) < 4.78 is 5.03. The molecule has 0 radical (unpaired) electrons. The van der Waals surface area contributed by atoms with E-state index in [0.29, 0.717) is 6.61 Å². The second-order valence-electron chi connectivity index (χ2n) is 2.24. The molecule has 0 amide bonds. The molecular weight excluding hydrogens is 206 g/mol. The molecule has 0 saturated heterocycles. The number of aromatic amines is 1. The minimum atomic E-state index is -0.576. The number of hydrogen-bond donors (Lipinski definition) is 1. The second-order valence-corrected chi connectivity index (χ2v) is 2.43. The van der Waals surface area contributed by atoms with Crippen molar-refractivity contribution in [2.75, 3.05) is 6.61 Å². The van der Waals surface area contributed by atoms with Crippen molar-refractivity contribution in [2.24, 2.45) is 4.99 Å². The zero-order valence-corrected chi connectivity index (χ0v) is 8.13. The van der Waals surface area contributed by atoms with Crippen LogP contribution < -0.4 is 4.74 Å². The Balaban J connectivity index is 3.19. The highest BCUT2D eigenvalue weighted by Crippen LogP contribution is 2.36. The highest BCUT2D eigenvalue weighted by molar-refractivity contribution is 7.78. The van der Waals surface area contributed by atoms with Gasteiger partial charge in [0.05, 0.1) is 22.9 Å². The number of aliphatic imine (C=N–C) groups is 1. The summed E-state index contributed by atoms with van der Waals surface area (Å²) in [5, 5.41) is 12.7. The largest absolute Gasteiger partial charge is 0.486 e. The first-order valence-corrected chi connectivity index (χ1v) is 4.18. The monoisotopic (exact) mass is 213 g/mol. The van der Waals surface area contributed by atoms with Crippen molar-refractivity contribution in [2.45, 2.75) is 6.92 Å². The molecule has 74 valence electrons. The third-order valence-electron chi connectivity index (χ3n) is 1.44. The van der Waals surface area contributed by atoms with Crippen LogP contribution in [0.5, 0.6) is 5.75 Å². The Morgan fingerprint density at radius 3 is 3.07 bits per heavy atom. The molecule has 0 aliphatic heterocycles. The van der Waals surface area contributed by atoms with Gasteiger partial charge in [0.1, 0.15) is 0 Å². The van der Waals surface area contributed by atoms with Crippen molar-refractivity contribution < 1.29 is 9.66 Å². The molecule has 6 nitrogen and oxygen atoms in total. The number of rotatable bonds is 4. The lowest BCUT2D eigenvalue weighted by molar-refractivity contribution is -0.384. The van der Waals surface area contributed by atoms with Crippen LogP contribution in [0.3, 0.4) is 0 Å². The average molecular weight is 213 g/mol. The Morgan fingerprint density at radius 2 is 2.57 bits per heavy atom. The Labute approximate surface area is 84.8 Å². The van der Waals surface area contributed by atoms with E-state index in [2.05, 4.69) is 27.4 Å². The van der Waals surface area contributed by atoms with E-state index in [0.717, 1.165) is 0 Å². The van der Waals surface area contributed by atoms with Crippen LogP contribution >= 0.6 is 12.2 Å². The average Bonchev–Trinajstić information content (AvgIpc) is 2.49. The van der Waals surface area contributed by atoms with Crippen LogP contribution in [-0.2, 0) is 0 Å². The molecule has 0 saturated carbocycles. The van der Waals surface area contributed by atoms with Gasteiger partial charge in [-0.05, 0) is 19.1 Å². The lowest BCUT2D eigenvalue weighted by Crippen LogP contribution is -1.94. The molecule has 0 fully saturated rings. The van der Waals surface area contributed by atoms with Crippen molar-refractivity contribution in [1.82, 2.24) is 4.98 Å². The fourth-order valence-electron chi connectivity index (χ4n) is 0.960. The third kappa shape index (κ3) is 1.95. The molecular formula is C7H7N3O3S. The van der Waals surface area contributed by atoms with E-state index in [-0.39, 0.29) is 17.3 Å². The molecule has 0 bridgehead atoms. The number of isothiocyanates is 1. The highest BCUT2D eigenvalue weighted by Gasteiger charge is 2.23. The highest BCUT2D eigenvalue weighted by atomic mass is 32.1. The lowest BCUT2D eigenvalue weighted by atomic mass is 10.4. The molecule has 0 unspecified atom stereocenters. The van der Waals surface area contributed by atoms with Gasteiger partial charge in [-0.1, -0.05) is 0 Å². The summed E-state index contributed by atoms with van der Waals surface area (Å²) in [5.74, 6) is 0.204. The molecule has 0 aromatic carbocycles. The van der Waals surface area contributed by atoms with Gasteiger partial charge >= 0.3 is 5.69 Å². The summed E-state index contributed by atoms with van der Waals surface area (Å²) in [7, 11) is 0. The van der Waals surface area contributed by atoms with Gasteiger partial charge in [0.15, 0.2) is 0 Å². The first-order chi connectivity index (χ1) is 6.70. The minimum Gasteiger partial charge on any atom is -0.486 e. The van der Waals surface area contributed by atoms with Gasteiger partial charge in [0.25, 0.3) is 0 Å². The molecule has 1 rings (SSSR count). The number of nitrogens with zero attached hydrogens (tertiary/aromatic N) is 2. The number of nitrogens with one attached hydrogen (secondary N) is 1. The lowest BCUT2D eigenvalue weighted by Gasteiger charge is -1.97. The van der Waals surface area contributed by atoms with Gasteiger partial charge in [-0.3, -0.25) is 10.1 Å². The van der Waals surface area contributed by atoms with Crippen molar-refractivity contribution in [3.05, 3.63) is 16.3 Å². The fraction of sp³-hybridized carbons (Fsp3) is 0.286. The molecule has 1 N–H and O–H groups in total. The van der Waals surface area contributed by atoms with Crippen molar-refractivity contribution in [3.8, 4) is 5.75 Å². The van der Waals surface area contributed by atoms with Crippen molar-refractivity contribution in [3.63, 3.8) is 0 Å². The first kappa shape index (κ1) is 10.4. The van der Waals surface area contributed by atoms with Gasteiger partial charge in [-0.2, -0.15) is 4.99 Å². The van der Waals surface area contributed by atoms with Gasteiger partial charge in [-0.15, -0.1) is 0 Å². The summed E-state index contributed by atoms with van der Waals surface area (Å²) in [4.78, 5) is 16.2. The molecule has 0 spiro atoms. The Bertz CT molecular complexity index is 395. The van der Waals surface area contributed by atoms with Crippen LogP contribution in [-0.4, -0.2) is 21.7 Å². The van der Waals surface area contributed by atoms with E-state index in [1.165, 1.54) is 6.20 Å². The smallest absolute Gasteiger partial charge is 0.355 e. The van der Waals surface area contributed by atoms with Crippen molar-refractivity contribution >= 4 is 28.9 Å². The van der Waals surface area contributed by atoms with E-state index in [1.807, 2.05) is 0 Å². The zero-order chi connectivity index (χ0) is 10.6. The number of aromatic nitrogens is 1. The van der Waals surface area contributed by atoms with Crippen LogP contribution in [0, 0.1) is 10.1 Å². The maximum atomic E-state index is 10.6. The van der Waals surface area contributed by atoms with Gasteiger partial charge < -0.3 is 9.72 Å². The van der Waals surface area contributed by atoms with Gasteiger partial charge in [-0.25, -0.2) is 0 Å². The maximum absolute atomic E-state index is 10.6. The number of H-pyrrole nitrogens is 1. The maximum Gasteiger partial charge on any atom is 0.355 e. The minimum absolute atomic E-state index is 0.0495. The van der Waals surface area contributed by atoms with E-state index in [4.69, 9.17) is 4.74 Å². The quantitative estimate of drug-likeness (QED) is 0.359. The summed E-state index contributed by atoms with van der Waals surface area (Å²) in [6.07, 6.45) is 1.37. The van der Waals surface area contributed by atoms with Gasteiger partial charge in [0.2, 0.25) is 11.6 Å². The normalized spacial score (nSPS) is 9.21. The van der Waals surface area contributed by atoms with E-state index < -0.39 is 4.92 Å². The topological polar surface area (TPSA) is 80.5 Å². The van der Waals surface area contributed by atoms with Gasteiger partial charge in [0, 0.05) is 0 Å². The predicted molar refractivity (Wildman–Crippen MR) is 53.3 cm³/mol. The standard InChI is InChI=1S/C7H7N3O3S/c1-2-13-5-3-8-7(9-4-14)6(5)10(11)12/h3,8H,2H2,1H3.